The lowest BCUT2D eigenvalue weighted by Crippen LogP contribution is -2.48. The molecule has 1 unspecified atom stereocenters. The fourth-order valence-corrected chi connectivity index (χ4v) is 2.42. The van der Waals surface area contributed by atoms with E-state index in [0.29, 0.717) is 26.2 Å². The number of aliphatic hydroxyl groups excluding tert-OH is 1. The molecule has 1 aliphatic heterocycles. The summed E-state index contributed by atoms with van der Waals surface area (Å²) in [6.45, 7) is 4.73. The van der Waals surface area contributed by atoms with Crippen molar-refractivity contribution in [3.8, 4) is 0 Å². The van der Waals surface area contributed by atoms with E-state index >= 15 is 0 Å². The van der Waals surface area contributed by atoms with Gasteiger partial charge in [0.2, 0.25) is 0 Å². The number of carbonyl (C=O) groups excluding carboxylic acids is 1. The smallest absolute Gasteiger partial charge is 0.164 e. The number of hydrogen-bond acceptors (Lipinski definition) is 4. The maximum Gasteiger partial charge on any atom is 0.164 e. The van der Waals surface area contributed by atoms with Crippen LogP contribution in [0.15, 0.2) is 24.3 Å². The first kappa shape index (κ1) is 14.2. The second-order valence-corrected chi connectivity index (χ2v) is 4.94. The van der Waals surface area contributed by atoms with Crippen LogP contribution in [0, 0.1) is 6.92 Å². The van der Waals surface area contributed by atoms with E-state index < -0.39 is 0 Å². The Morgan fingerprint density at radius 3 is 3.00 bits per heavy atom. The van der Waals surface area contributed by atoms with Gasteiger partial charge in [0.05, 0.1) is 25.9 Å². The van der Waals surface area contributed by atoms with E-state index in [-0.39, 0.29) is 18.4 Å². The SMILES string of the molecule is Cc1ccccc1C(=O)CCN1CCOCC1CO. The van der Waals surface area contributed by atoms with E-state index in [0.717, 1.165) is 17.7 Å². The Kier molecular flexibility index (Phi) is 5.07. The van der Waals surface area contributed by atoms with Gasteiger partial charge in [-0.15, -0.1) is 0 Å². The zero-order valence-electron chi connectivity index (χ0n) is 11.3. The van der Waals surface area contributed by atoms with Gasteiger partial charge in [-0.2, -0.15) is 0 Å². The molecule has 4 nitrogen and oxygen atoms in total. The molecule has 4 heteroatoms. The lowest BCUT2D eigenvalue weighted by atomic mass is 10.0. The van der Waals surface area contributed by atoms with E-state index in [1.54, 1.807) is 0 Å². The van der Waals surface area contributed by atoms with Gasteiger partial charge in [0.15, 0.2) is 5.78 Å². The van der Waals surface area contributed by atoms with Crippen molar-refractivity contribution >= 4 is 5.78 Å². The second-order valence-electron chi connectivity index (χ2n) is 4.94. The van der Waals surface area contributed by atoms with Crippen LogP contribution < -0.4 is 0 Å². The Bertz CT molecular complexity index is 433. The van der Waals surface area contributed by atoms with E-state index in [1.807, 2.05) is 31.2 Å². The highest BCUT2D eigenvalue weighted by atomic mass is 16.5. The van der Waals surface area contributed by atoms with Crippen LogP contribution in [0.2, 0.25) is 0 Å². The summed E-state index contributed by atoms with van der Waals surface area (Å²) in [4.78, 5) is 14.3. The maximum absolute atomic E-state index is 12.2. The number of ether oxygens (including phenoxy) is 1. The number of benzene rings is 1. The zero-order chi connectivity index (χ0) is 13.7. The minimum Gasteiger partial charge on any atom is -0.395 e. The van der Waals surface area contributed by atoms with Crippen LogP contribution in [-0.2, 0) is 4.74 Å². The van der Waals surface area contributed by atoms with E-state index in [4.69, 9.17) is 4.74 Å². The molecule has 1 aliphatic rings. The minimum atomic E-state index is 0.0263. The quantitative estimate of drug-likeness (QED) is 0.813. The van der Waals surface area contributed by atoms with Crippen molar-refractivity contribution < 1.29 is 14.6 Å². The van der Waals surface area contributed by atoms with Crippen molar-refractivity contribution in [2.24, 2.45) is 0 Å². The van der Waals surface area contributed by atoms with Gasteiger partial charge in [0.25, 0.3) is 0 Å². The van der Waals surface area contributed by atoms with Gasteiger partial charge < -0.3 is 9.84 Å². The van der Waals surface area contributed by atoms with Crippen molar-refractivity contribution in [2.45, 2.75) is 19.4 Å². The molecule has 0 amide bonds. The van der Waals surface area contributed by atoms with E-state index in [9.17, 15) is 9.90 Å². The molecule has 1 fully saturated rings. The number of hydrogen-bond donors (Lipinski definition) is 1. The predicted molar refractivity (Wildman–Crippen MR) is 73.4 cm³/mol. The molecule has 1 saturated heterocycles. The summed E-state index contributed by atoms with van der Waals surface area (Å²) in [5, 5.41) is 9.28. The Hall–Kier alpha value is -1.23. The number of morpholine rings is 1. The van der Waals surface area contributed by atoms with Gasteiger partial charge in [-0.1, -0.05) is 24.3 Å². The van der Waals surface area contributed by atoms with Crippen LogP contribution in [-0.4, -0.2) is 54.7 Å². The monoisotopic (exact) mass is 263 g/mol. The molecule has 1 atom stereocenters. The number of aliphatic hydroxyl groups is 1. The van der Waals surface area contributed by atoms with Crippen LogP contribution in [0.4, 0.5) is 0 Å². The molecule has 0 bridgehead atoms. The molecule has 0 saturated carbocycles. The van der Waals surface area contributed by atoms with Crippen molar-refractivity contribution in [2.75, 3.05) is 32.9 Å². The molecule has 2 rings (SSSR count). The number of Topliss-reactive ketones (excluding diaryl/α,β-unsaturated/α-hetero) is 1. The first-order chi connectivity index (χ1) is 9.22. The molecule has 1 N–H and O–H groups in total. The number of aryl methyl sites for hydroxylation is 1. The molecule has 0 aromatic heterocycles. The summed E-state index contributed by atoms with van der Waals surface area (Å²) in [5.74, 6) is 0.168. The number of rotatable bonds is 5. The molecule has 0 aliphatic carbocycles. The molecule has 104 valence electrons. The summed E-state index contributed by atoms with van der Waals surface area (Å²) in [6.07, 6.45) is 0.487. The van der Waals surface area contributed by atoms with Crippen LogP contribution in [0.5, 0.6) is 0 Å². The van der Waals surface area contributed by atoms with Gasteiger partial charge >= 0.3 is 0 Å². The average Bonchev–Trinajstić information content (AvgIpc) is 2.45. The van der Waals surface area contributed by atoms with Gasteiger partial charge in [-0.25, -0.2) is 0 Å². The first-order valence-corrected chi connectivity index (χ1v) is 6.74. The standard InChI is InChI=1S/C15H21NO3/c1-12-4-2-3-5-14(12)15(18)6-7-16-8-9-19-11-13(16)10-17/h2-5,13,17H,6-11H2,1H3. The third-order valence-corrected chi connectivity index (χ3v) is 3.63. The third kappa shape index (κ3) is 3.62. The fraction of sp³-hybridized carbons (Fsp3) is 0.533. The highest BCUT2D eigenvalue weighted by molar-refractivity contribution is 5.97. The molecular weight excluding hydrogens is 242 g/mol. The molecule has 1 heterocycles. The van der Waals surface area contributed by atoms with Crippen LogP contribution in [0.3, 0.4) is 0 Å². The zero-order valence-corrected chi connectivity index (χ0v) is 11.3. The minimum absolute atomic E-state index is 0.0263. The lowest BCUT2D eigenvalue weighted by molar-refractivity contribution is -0.0270. The Balaban J connectivity index is 1.91. The van der Waals surface area contributed by atoms with Gasteiger partial charge in [-0.3, -0.25) is 9.69 Å². The molecule has 1 aromatic rings. The van der Waals surface area contributed by atoms with E-state index in [2.05, 4.69) is 4.90 Å². The van der Waals surface area contributed by atoms with Crippen molar-refractivity contribution in [1.29, 1.82) is 0 Å². The Labute approximate surface area is 114 Å². The average molecular weight is 263 g/mol. The molecule has 1 aromatic carbocycles. The lowest BCUT2D eigenvalue weighted by Gasteiger charge is -2.34. The largest absolute Gasteiger partial charge is 0.395 e. The van der Waals surface area contributed by atoms with Crippen molar-refractivity contribution in [3.05, 3.63) is 35.4 Å². The summed E-state index contributed by atoms with van der Waals surface area (Å²) in [6, 6.07) is 7.69. The third-order valence-electron chi connectivity index (χ3n) is 3.63. The van der Waals surface area contributed by atoms with E-state index in [1.165, 1.54) is 0 Å². The van der Waals surface area contributed by atoms with Gasteiger partial charge in [0.1, 0.15) is 0 Å². The van der Waals surface area contributed by atoms with Crippen LogP contribution >= 0.6 is 0 Å². The number of ketones is 1. The summed E-state index contributed by atoms with van der Waals surface area (Å²) >= 11 is 0. The van der Waals surface area contributed by atoms with Gasteiger partial charge in [0, 0.05) is 25.1 Å². The summed E-state index contributed by atoms with van der Waals surface area (Å²) in [5.41, 5.74) is 1.82. The van der Waals surface area contributed by atoms with Crippen molar-refractivity contribution in [1.82, 2.24) is 4.90 Å². The second kappa shape index (κ2) is 6.80. The van der Waals surface area contributed by atoms with Crippen LogP contribution in [0.25, 0.3) is 0 Å². The summed E-state index contributed by atoms with van der Waals surface area (Å²) in [7, 11) is 0. The predicted octanol–water partition coefficient (Wildman–Crippen LogP) is 1.26. The highest BCUT2D eigenvalue weighted by Gasteiger charge is 2.22. The topological polar surface area (TPSA) is 49.8 Å². The molecular formula is C15H21NO3. The maximum atomic E-state index is 12.2. The Morgan fingerprint density at radius 2 is 2.26 bits per heavy atom. The molecule has 19 heavy (non-hydrogen) atoms. The molecule has 0 spiro atoms. The van der Waals surface area contributed by atoms with Crippen molar-refractivity contribution in [3.63, 3.8) is 0 Å². The normalized spacial score (nSPS) is 20.4. The molecule has 0 radical (unpaired) electrons. The van der Waals surface area contributed by atoms with Gasteiger partial charge in [-0.05, 0) is 12.5 Å². The highest BCUT2D eigenvalue weighted by Crippen LogP contribution is 2.12. The van der Waals surface area contributed by atoms with Crippen LogP contribution in [0.1, 0.15) is 22.3 Å². The first-order valence-electron chi connectivity index (χ1n) is 6.74. The fourth-order valence-electron chi connectivity index (χ4n) is 2.42. The Morgan fingerprint density at radius 1 is 1.47 bits per heavy atom. The summed E-state index contributed by atoms with van der Waals surface area (Å²) < 4.78 is 5.33. The number of nitrogens with zero attached hydrogens (tertiary/aromatic N) is 1. The number of carbonyl (C=O) groups is 1.